The van der Waals surface area contributed by atoms with Crippen LogP contribution >= 0.6 is 0 Å². The molecule has 14 heavy (non-hydrogen) atoms. The van der Waals surface area contributed by atoms with Gasteiger partial charge in [0.25, 0.3) is 0 Å². The molecule has 1 fully saturated rings. The third-order valence-electron chi connectivity index (χ3n) is 3.30. The number of hydrogen-bond donors (Lipinski definition) is 1. The van der Waals surface area contributed by atoms with E-state index in [9.17, 15) is 0 Å². The number of hydrogen-bond acceptors (Lipinski definition) is 2. The number of rotatable bonds is 6. The van der Waals surface area contributed by atoms with Crippen molar-refractivity contribution in [3.05, 3.63) is 0 Å². The molecule has 1 saturated heterocycles. The van der Waals surface area contributed by atoms with Gasteiger partial charge in [0.1, 0.15) is 0 Å². The van der Waals surface area contributed by atoms with Crippen molar-refractivity contribution in [2.24, 2.45) is 11.7 Å². The molecule has 84 valence electrons. The van der Waals surface area contributed by atoms with E-state index in [2.05, 4.69) is 11.8 Å². The topological polar surface area (TPSA) is 29.3 Å². The van der Waals surface area contributed by atoms with Gasteiger partial charge in [0.15, 0.2) is 0 Å². The van der Waals surface area contributed by atoms with Crippen LogP contribution in [0, 0.1) is 5.92 Å². The number of nitrogens with zero attached hydrogens (tertiary/aromatic N) is 1. The molecule has 0 unspecified atom stereocenters. The lowest BCUT2D eigenvalue weighted by Crippen LogP contribution is -2.33. The highest BCUT2D eigenvalue weighted by Gasteiger charge is 2.14. The molecule has 0 aliphatic carbocycles. The monoisotopic (exact) mass is 198 g/mol. The lowest BCUT2D eigenvalue weighted by molar-refractivity contribution is 0.189. The van der Waals surface area contributed by atoms with Crippen LogP contribution < -0.4 is 5.73 Å². The first kappa shape index (κ1) is 12.0. The van der Waals surface area contributed by atoms with E-state index >= 15 is 0 Å². The normalized spacial score (nSPS) is 20.1. The van der Waals surface area contributed by atoms with Crippen LogP contribution in [-0.4, -0.2) is 31.1 Å². The SMILES string of the molecule is CC1CCN(CCCCCCN)CC1. The van der Waals surface area contributed by atoms with E-state index in [1.807, 2.05) is 0 Å². The molecule has 1 aliphatic rings. The predicted octanol–water partition coefficient (Wildman–Crippen LogP) is 2.24. The molecular formula is C12H26N2. The van der Waals surface area contributed by atoms with E-state index < -0.39 is 0 Å². The van der Waals surface area contributed by atoms with Crippen LogP contribution in [0.3, 0.4) is 0 Å². The third-order valence-corrected chi connectivity index (χ3v) is 3.30. The van der Waals surface area contributed by atoms with Crippen molar-refractivity contribution in [2.75, 3.05) is 26.2 Å². The number of piperidine rings is 1. The molecular weight excluding hydrogens is 172 g/mol. The molecule has 0 saturated carbocycles. The van der Waals surface area contributed by atoms with Crippen molar-refractivity contribution in [3.63, 3.8) is 0 Å². The second-order valence-electron chi connectivity index (χ2n) is 4.73. The molecule has 0 atom stereocenters. The third kappa shape index (κ3) is 4.97. The van der Waals surface area contributed by atoms with Crippen LogP contribution in [0.4, 0.5) is 0 Å². The van der Waals surface area contributed by atoms with Gasteiger partial charge in [0.05, 0.1) is 0 Å². The van der Waals surface area contributed by atoms with E-state index in [0.717, 1.165) is 12.5 Å². The van der Waals surface area contributed by atoms with Gasteiger partial charge < -0.3 is 10.6 Å². The molecule has 0 spiro atoms. The molecule has 0 bridgehead atoms. The summed E-state index contributed by atoms with van der Waals surface area (Å²) in [5.74, 6) is 0.962. The van der Waals surface area contributed by atoms with Gasteiger partial charge in [0.2, 0.25) is 0 Å². The summed E-state index contributed by atoms with van der Waals surface area (Å²) in [5, 5.41) is 0. The Morgan fingerprint density at radius 3 is 2.36 bits per heavy atom. The Bertz CT molecular complexity index is 128. The van der Waals surface area contributed by atoms with Crippen LogP contribution in [0.5, 0.6) is 0 Å². The van der Waals surface area contributed by atoms with Crippen LogP contribution in [-0.2, 0) is 0 Å². The van der Waals surface area contributed by atoms with E-state index in [1.54, 1.807) is 0 Å². The maximum absolute atomic E-state index is 5.46. The fourth-order valence-electron chi connectivity index (χ4n) is 2.12. The quantitative estimate of drug-likeness (QED) is 0.663. The van der Waals surface area contributed by atoms with Crippen LogP contribution in [0.25, 0.3) is 0 Å². The highest BCUT2D eigenvalue weighted by Crippen LogP contribution is 2.16. The van der Waals surface area contributed by atoms with Crippen LogP contribution in [0.2, 0.25) is 0 Å². The van der Waals surface area contributed by atoms with Crippen LogP contribution in [0.1, 0.15) is 45.4 Å². The first-order chi connectivity index (χ1) is 6.83. The summed E-state index contributed by atoms with van der Waals surface area (Å²) in [4.78, 5) is 2.63. The average molecular weight is 198 g/mol. The van der Waals surface area contributed by atoms with Crippen molar-refractivity contribution in [1.82, 2.24) is 4.90 Å². The van der Waals surface area contributed by atoms with Crippen molar-refractivity contribution < 1.29 is 0 Å². The van der Waals surface area contributed by atoms with Gasteiger partial charge in [-0.2, -0.15) is 0 Å². The van der Waals surface area contributed by atoms with E-state index in [4.69, 9.17) is 5.73 Å². The maximum atomic E-state index is 5.46. The summed E-state index contributed by atoms with van der Waals surface area (Å²) in [5.41, 5.74) is 5.46. The zero-order valence-electron chi connectivity index (χ0n) is 9.67. The Morgan fingerprint density at radius 1 is 1.07 bits per heavy atom. The zero-order chi connectivity index (χ0) is 10.2. The van der Waals surface area contributed by atoms with Crippen molar-refractivity contribution in [3.8, 4) is 0 Å². The second-order valence-corrected chi connectivity index (χ2v) is 4.73. The Kier molecular flexibility index (Phi) is 6.20. The van der Waals surface area contributed by atoms with Gasteiger partial charge in [-0.3, -0.25) is 0 Å². The Balaban J connectivity index is 1.91. The summed E-state index contributed by atoms with van der Waals surface area (Å²) >= 11 is 0. The standard InChI is InChI=1S/C12H26N2/c1-12-6-10-14(11-7-12)9-5-3-2-4-8-13/h12H,2-11,13H2,1H3. The number of unbranched alkanes of at least 4 members (excludes halogenated alkanes) is 3. The van der Waals surface area contributed by atoms with Gasteiger partial charge in [-0.25, -0.2) is 0 Å². The first-order valence-corrected chi connectivity index (χ1v) is 6.25. The maximum Gasteiger partial charge on any atom is -0.00162 e. The summed E-state index contributed by atoms with van der Waals surface area (Å²) in [6, 6.07) is 0. The minimum absolute atomic E-state index is 0.862. The second kappa shape index (κ2) is 7.24. The van der Waals surface area contributed by atoms with Crippen molar-refractivity contribution >= 4 is 0 Å². The molecule has 2 heteroatoms. The highest BCUT2D eigenvalue weighted by molar-refractivity contribution is 4.68. The fraction of sp³-hybridized carbons (Fsp3) is 1.00. The smallest absolute Gasteiger partial charge is 0.00162 e. The van der Waals surface area contributed by atoms with Gasteiger partial charge >= 0.3 is 0 Å². The molecule has 0 aromatic heterocycles. The summed E-state index contributed by atoms with van der Waals surface area (Å²) in [6.45, 7) is 7.22. The molecule has 2 nitrogen and oxygen atoms in total. The molecule has 1 aliphatic heterocycles. The van der Waals surface area contributed by atoms with Crippen LogP contribution in [0.15, 0.2) is 0 Å². The first-order valence-electron chi connectivity index (χ1n) is 6.25. The molecule has 0 radical (unpaired) electrons. The number of nitrogens with two attached hydrogens (primary N) is 1. The fourth-order valence-corrected chi connectivity index (χ4v) is 2.12. The summed E-state index contributed by atoms with van der Waals surface area (Å²) in [7, 11) is 0. The van der Waals surface area contributed by atoms with E-state index in [0.29, 0.717) is 0 Å². The minimum atomic E-state index is 0.862. The van der Waals surface area contributed by atoms with E-state index in [1.165, 1.54) is 58.2 Å². The molecule has 2 N–H and O–H groups in total. The molecule has 1 rings (SSSR count). The largest absolute Gasteiger partial charge is 0.330 e. The van der Waals surface area contributed by atoms with Gasteiger partial charge in [-0.1, -0.05) is 19.8 Å². The molecule has 1 heterocycles. The highest BCUT2D eigenvalue weighted by atomic mass is 15.1. The van der Waals surface area contributed by atoms with Gasteiger partial charge in [-0.15, -0.1) is 0 Å². The zero-order valence-corrected chi connectivity index (χ0v) is 9.67. The molecule has 0 amide bonds. The minimum Gasteiger partial charge on any atom is -0.330 e. The lowest BCUT2D eigenvalue weighted by Gasteiger charge is -2.30. The summed E-state index contributed by atoms with van der Waals surface area (Å²) < 4.78 is 0. The Hall–Kier alpha value is -0.0800. The summed E-state index contributed by atoms with van der Waals surface area (Å²) in [6.07, 6.45) is 8.07. The predicted molar refractivity (Wildman–Crippen MR) is 62.4 cm³/mol. The Morgan fingerprint density at radius 2 is 1.71 bits per heavy atom. The van der Waals surface area contributed by atoms with E-state index in [-0.39, 0.29) is 0 Å². The molecule has 0 aromatic carbocycles. The van der Waals surface area contributed by atoms with Crippen molar-refractivity contribution in [2.45, 2.75) is 45.4 Å². The lowest BCUT2D eigenvalue weighted by atomic mass is 9.99. The van der Waals surface area contributed by atoms with Crippen molar-refractivity contribution in [1.29, 1.82) is 0 Å². The van der Waals surface area contributed by atoms with Gasteiger partial charge in [-0.05, 0) is 57.8 Å². The molecule has 0 aromatic rings. The number of likely N-dealkylation sites (tertiary alicyclic amines) is 1. The Labute approximate surface area is 88.8 Å². The van der Waals surface area contributed by atoms with Gasteiger partial charge in [0, 0.05) is 0 Å². The average Bonchev–Trinajstić information content (AvgIpc) is 2.21.